The summed E-state index contributed by atoms with van der Waals surface area (Å²) in [4.78, 5) is 0. The number of rotatable bonds is 3. The molecular weight excluding hydrogens is 214 g/mol. The number of benzene rings is 1. The molecule has 3 heteroatoms. The van der Waals surface area contributed by atoms with Crippen LogP contribution in [0.15, 0.2) is 18.2 Å². The Morgan fingerprint density at radius 2 is 2.18 bits per heavy atom. The SMILES string of the molecule is Cc1ccc(C#N)cc1OCC1CCOCC1. The maximum atomic E-state index is 8.85. The van der Waals surface area contributed by atoms with Gasteiger partial charge in [-0.05, 0) is 43.4 Å². The molecule has 0 unspecified atom stereocenters. The van der Waals surface area contributed by atoms with Crippen molar-refractivity contribution in [1.82, 2.24) is 0 Å². The summed E-state index contributed by atoms with van der Waals surface area (Å²) in [6.07, 6.45) is 2.13. The van der Waals surface area contributed by atoms with E-state index in [1.165, 1.54) is 0 Å². The van der Waals surface area contributed by atoms with Crippen LogP contribution in [0.4, 0.5) is 0 Å². The quantitative estimate of drug-likeness (QED) is 0.803. The van der Waals surface area contributed by atoms with Gasteiger partial charge in [-0.15, -0.1) is 0 Å². The van der Waals surface area contributed by atoms with Gasteiger partial charge in [0.1, 0.15) is 5.75 Å². The molecule has 1 aliphatic rings. The van der Waals surface area contributed by atoms with E-state index < -0.39 is 0 Å². The molecule has 1 aromatic carbocycles. The molecule has 1 heterocycles. The average molecular weight is 231 g/mol. The van der Waals surface area contributed by atoms with E-state index in [1.807, 2.05) is 25.1 Å². The second-order valence-electron chi connectivity index (χ2n) is 4.46. The molecule has 0 saturated carbocycles. The maximum Gasteiger partial charge on any atom is 0.123 e. The molecule has 0 aromatic heterocycles. The van der Waals surface area contributed by atoms with Crippen molar-refractivity contribution in [3.8, 4) is 11.8 Å². The van der Waals surface area contributed by atoms with Crippen molar-refractivity contribution in [2.45, 2.75) is 19.8 Å². The Kier molecular flexibility index (Phi) is 4.00. The summed E-state index contributed by atoms with van der Waals surface area (Å²) in [7, 11) is 0. The number of nitrogens with zero attached hydrogens (tertiary/aromatic N) is 1. The first-order valence-electron chi connectivity index (χ1n) is 6.01. The highest BCUT2D eigenvalue weighted by atomic mass is 16.5. The number of hydrogen-bond acceptors (Lipinski definition) is 3. The van der Waals surface area contributed by atoms with Gasteiger partial charge >= 0.3 is 0 Å². The first-order chi connectivity index (χ1) is 8.29. The number of nitriles is 1. The summed E-state index contributed by atoms with van der Waals surface area (Å²) >= 11 is 0. The summed E-state index contributed by atoms with van der Waals surface area (Å²) in [6, 6.07) is 7.69. The molecule has 0 aliphatic carbocycles. The van der Waals surface area contributed by atoms with E-state index >= 15 is 0 Å². The van der Waals surface area contributed by atoms with E-state index in [4.69, 9.17) is 14.7 Å². The molecule has 0 bridgehead atoms. The van der Waals surface area contributed by atoms with Crippen LogP contribution >= 0.6 is 0 Å². The van der Waals surface area contributed by atoms with Crippen LogP contribution in [-0.2, 0) is 4.74 Å². The number of ether oxygens (including phenoxy) is 2. The number of hydrogen-bond donors (Lipinski definition) is 0. The molecule has 2 rings (SSSR count). The van der Waals surface area contributed by atoms with E-state index in [9.17, 15) is 0 Å². The molecular formula is C14H17NO2. The smallest absolute Gasteiger partial charge is 0.123 e. The molecule has 90 valence electrons. The molecule has 0 N–H and O–H groups in total. The van der Waals surface area contributed by atoms with Gasteiger partial charge in [-0.3, -0.25) is 0 Å². The first kappa shape index (κ1) is 11.9. The van der Waals surface area contributed by atoms with Crippen LogP contribution in [-0.4, -0.2) is 19.8 Å². The molecule has 0 radical (unpaired) electrons. The molecule has 0 spiro atoms. The highest BCUT2D eigenvalue weighted by molar-refractivity contribution is 5.41. The van der Waals surface area contributed by atoms with Crippen molar-refractivity contribution in [3.63, 3.8) is 0 Å². The molecule has 1 aliphatic heterocycles. The van der Waals surface area contributed by atoms with Gasteiger partial charge < -0.3 is 9.47 Å². The van der Waals surface area contributed by atoms with E-state index in [2.05, 4.69) is 6.07 Å². The van der Waals surface area contributed by atoms with Gasteiger partial charge in [0.15, 0.2) is 0 Å². The van der Waals surface area contributed by atoms with Crippen molar-refractivity contribution in [1.29, 1.82) is 5.26 Å². The lowest BCUT2D eigenvalue weighted by molar-refractivity contribution is 0.0496. The van der Waals surface area contributed by atoms with Gasteiger partial charge in [-0.1, -0.05) is 6.07 Å². The predicted octanol–water partition coefficient (Wildman–Crippen LogP) is 2.67. The van der Waals surface area contributed by atoms with Gasteiger partial charge in [0.2, 0.25) is 0 Å². The summed E-state index contributed by atoms with van der Waals surface area (Å²) in [5.74, 6) is 1.41. The first-order valence-corrected chi connectivity index (χ1v) is 6.01. The van der Waals surface area contributed by atoms with Crippen LogP contribution in [0.2, 0.25) is 0 Å². The van der Waals surface area contributed by atoms with Crippen molar-refractivity contribution < 1.29 is 9.47 Å². The van der Waals surface area contributed by atoms with Crippen molar-refractivity contribution in [2.75, 3.05) is 19.8 Å². The molecule has 1 fully saturated rings. The molecule has 3 nitrogen and oxygen atoms in total. The minimum absolute atomic E-state index is 0.578. The summed E-state index contributed by atoms with van der Waals surface area (Å²) < 4.78 is 11.1. The molecule has 0 atom stereocenters. The zero-order valence-electron chi connectivity index (χ0n) is 10.1. The van der Waals surface area contributed by atoms with Crippen molar-refractivity contribution >= 4 is 0 Å². The van der Waals surface area contributed by atoms with E-state index in [1.54, 1.807) is 0 Å². The molecule has 17 heavy (non-hydrogen) atoms. The molecule has 0 amide bonds. The van der Waals surface area contributed by atoms with Crippen LogP contribution in [0.5, 0.6) is 5.75 Å². The zero-order valence-corrected chi connectivity index (χ0v) is 10.1. The van der Waals surface area contributed by atoms with Crippen LogP contribution < -0.4 is 4.74 Å². The van der Waals surface area contributed by atoms with Crippen LogP contribution in [0.3, 0.4) is 0 Å². The third kappa shape index (κ3) is 3.21. The second-order valence-corrected chi connectivity index (χ2v) is 4.46. The minimum atomic E-state index is 0.578. The van der Waals surface area contributed by atoms with Crippen molar-refractivity contribution in [2.24, 2.45) is 5.92 Å². The fourth-order valence-electron chi connectivity index (χ4n) is 1.95. The lowest BCUT2D eigenvalue weighted by Crippen LogP contribution is -2.21. The Morgan fingerprint density at radius 1 is 1.41 bits per heavy atom. The fraction of sp³-hybridized carbons (Fsp3) is 0.500. The summed E-state index contributed by atoms with van der Waals surface area (Å²) in [5, 5.41) is 8.85. The Hall–Kier alpha value is -1.53. The predicted molar refractivity (Wildman–Crippen MR) is 64.9 cm³/mol. The standard InChI is InChI=1S/C14H17NO2/c1-11-2-3-13(9-15)8-14(11)17-10-12-4-6-16-7-5-12/h2-3,8,12H,4-7,10H2,1H3. The van der Waals surface area contributed by atoms with Gasteiger partial charge in [-0.25, -0.2) is 0 Å². The Bertz CT molecular complexity index is 417. The van der Waals surface area contributed by atoms with Crippen LogP contribution in [0.1, 0.15) is 24.0 Å². The Labute approximate surface area is 102 Å². The summed E-state index contributed by atoms with van der Waals surface area (Å²) in [6.45, 7) is 4.40. The van der Waals surface area contributed by atoms with Gasteiger partial charge in [-0.2, -0.15) is 5.26 Å². The van der Waals surface area contributed by atoms with E-state index in [-0.39, 0.29) is 0 Å². The molecule has 1 aromatic rings. The van der Waals surface area contributed by atoms with Gasteiger partial charge in [0.05, 0.1) is 18.2 Å². The highest BCUT2D eigenvalue weighted by Crippen LogP contribution is 2.22. The van der Waals surface area contributed by atoms with Crippen LogP contribution in [0.25, 0.3) is 0 Å². The summed E-state index contributed by atoms with van der Waals surface area (Å²) in [5.41, 5.74) is 1.73. The van der Waals surface area contributed by atoms with E-state index in [0.717, 1.165) is 44.0 Å². The second kappa shape index (κ2) is 5.70. The third-order valence-electron chi connectivity index (χ3n) is 3.13. The monoisotopic (exact) mass is 231 g/mol. The van der Waals surface area contributed by atoms with Gasteiger partial charge in [0.25, 0.3) is 0 Å². The topological polar surface area (TPSA) is 42.2 Å². The normalized spacial score (nSPS) is 16.5. The zero-order chi connectivity index (χ0) is 12.1. The highest BCUT2D eigenvalue weighted by Gasteiger charge is 2.14. The Morgan fingerprint density at radius 3 is 2.88 bits per heavy atom. The van der Waals surface area contributed by atoms with Crippen molar-refractivity contribution in [3.05, 3.63) is 29.3 Å². The maximum absolute atomic E-state index is 8.85. The lowest BCUT2D eigenvalue weighted by Gasteiger charge is -2.22. The lowest BCUT2D eigenvalue weighted by atomic mass is 10.0. The largest absolute Gasteiger partial charge is 0.493 e. The molecule has 1 saturated heterocycles. The number of aryl methyl sites for hydroxylation is 1. The average Bonchev–Trinajstić information content (AvgIpc) is 2.39. The minimum Gasteiger partial charge on any atom is -0.493 e. The Balaban J connectivity index is 1.95. The third-order valence-corrected chi connectivity index (χ3v) is 3.13. The fourth-order valence-corrected chi connectivity index (χ4v) is 1.95. The van der Waals surface area contributed by atoms with Gasteiger partial charge in [0, 0.05) is 13.2 Å². The van der Waals surface area contributed by atoms with Crippen LogP contribution in [0, 0.1) is 24.2 Å². The van der Waals surface area contributed by atoms with E-state index in [0.29, 0.717) is 11.5 Å².